The number of carboxylic acid groups (broad SMARTS) is 1. The highest BCUT2D eigenvalue weighted by atomic mass is 16.4. The number of anilines is 2. The smallest absolute Gasteiger partial charge is 0.335 e. The van der Waals surface area contributed by atoms with Crippen molar-refractivity contribution in [1.29, 1.82) is 0 Å². The van der Waals surface area contributed by atoms with Gasteiger partial charge in [0.1, 0.15) is 0 Å². The van der Waals surface area contributed by atoms with Crippen LogP contribution in [0.25, 0.3) is 0 Å². The second-order valence-corrected chi connectivity index (χ2v) is 9.09. The van der Waals surface area contributed by atoms with Gasteiger partial charge in [-0.2, -0.15) is 0 Å². The predicted octanol–water partition coefficient (Wildman–Crippen LogP) is 5.14. The number of hydrogen-bond donors (Lipinski definition) is 4. The second-order valence-electron chi connectivity index (χ2n) is 9.09. The zero-order valence-corrected chi connectivity index (χ0v) is 17.5. The summed E-state index contributed by atoms with van der Waals surface area (Å²) in [6.45, 7) is 5.61. The van der Waals surface area contributed by atoms with Crippen LogP contribution < -0.4 is 16.0 Å². The molecule has 0 aromatic heterocycles. The molecule has 30 heavy (non-hydrogen) atoms. The molecule has 2 aliphatic carbocycles. The molecule has 0 saturated heterocycles. The Labute approximate surface area is 177 Å². The largest absolute Gasteiger partial charge is 0.478 e. The monoisotopic (exact) mass is 407 g/mol. The first kappa shape index (κ1) is 20.4. The number of rotatable bonds is 6. The molecule has 158 valence electrons. The molecule has 4 rings (SSSR count). The highest BCUT2D eigenvalue weighted by Gasteiger charge is 2.33. The van der Waals surface area contributed by atoms with Crippen LogP contribution in [0.5, 0.6) is 0 Å². The molecule has 6 heteroatoms. The lowest BCUT2D eigenvalue weighted by Crippen LogP contribution is -2.33. The van der Waals surface area contributed by atoms with Gasteiger partial charge < -0.3 is 21.1 Å². The minimum Gasteiger partial charge on any atom is -0.478 e. The van der Waals surface area contributed by atoms with Crippen LogP contribution in [-0.2, 0) is 5.41 Å². The number of nitrogens with one attached hydrogen (secondary N) is 3. The molecule has 1 saturated carbocycles. The van der Waals surface area contributed by atoms with E-state index >= 15 is 0 Å². The molecule has 0 spiro atoms. The maximum atomic E-state index is 12.4. The zero-order chi connectivity index (χ0) is 21.3. The first-order valence-electron chi connectivity index (χ1n) is 10.6. The first-order chi connectivity index (χ1) is 14.3. The number of urea groups is 1. The molecule has 2 aliphatic rings. The maximum Gasteiger partial charge on any atom is 0.335 e. The average molecular weight is 408 g/mol. The van der Waals surface area contributed by atoms with Crippen molar-refractivity contribution in [1.82, 2.24) is 5.32 Å². The van der Waals surface area contributed by atoms with E-state index in [1.807, 2.05) is 6.07 Å². The molecule has 2 aromatic carbocycles. The summed E-state index contributed by atoms with van der Waals surface area (Å²) in [5, 5.41) is 18.4. The fourth-order valence-corrected chi connectivity index (χ4v) is 4.15. The summed E-state index contributed by atoms with van der Waals surface area (Å²) in [4.78, 5) is 23.4. The van der Waals surface area contributed by atoms with Gasteiger partial charge in [-0.15, -0.1) is 0 Å². The predicted molar refractivity (Wildman–Crippen MR) is 118 cm³/mol. The Hall–Kier alpha value is -2.86. The summed E-state index contributed by atoms with van der Waals surface area (Å²) in [5.74, 6) is -0.148. The topological polar surface area (TPSA) is 90.5 Å². The van der Waals surface area contributed by atoms with Gasteiger partial charge in [-0.3, -0.25) is 0 Å². The fraction of sp³-hybridized carbons (Fsp3) is 0.417. The molecule has 0 heterocycles. The Morgan fingerprint density at radius 3 is 2.33 bits per heavy atom. The normalized spacial score (nSPS) is 19.6. The molecule has 1 fully saturated rings. The molecule has 0 bridgehead atoms. The van der Waals surface area contributed by atoms with Crippen molar-refractivity contribution in [3.8, 4) is 0 Å². The van der Waals surface area contributed by atoms with Crippen LogP contribution in [0.15, 0.2) is 42.5 Å². The second kappa shape index (κ2) is 8.11. The highest BCUT2D eigenvalue weighted by Crippen LogP contribution is 2.43. The number of fused-ring (bicyclic) bond motifs is 1. The summed E-state index contributed by atoms with van der Waals surface area (Å²) < 4.78 is 0. The van der Waals surface area contributed by atoms with Gasteiger partial charge in [0.15, 0.2) is 0 Å². The van der Waals surface area contributed by atoms with Crippen LogP contribution >= 0.6 is 0 Å². The van der Waals surface area contributed by atoms with Crippen molar-refractivity contribution in [2.24, 2.45) is 5.92 Å². The molecule has 0 radical (unpaired) electrons. The number of carboxylic acids is 1. The van der Waals surface area contributed by atoms with Gasteiger partial charge in [0.05, 0.1) is 5.56 Å². The van der Waals surface area contributed by atoms with Gasteiger partial charge in [0.25, 0.3) is 0 Å². The Balaban J connectivity index is 1.45. The first-order valence-corrected chi connectivity index (χ1v) is 10.6. The van der Waals surface area contributed by atoms with Gasteiger partial charge in [-0.1, -0.05) is 19.9 Å². The number of benzene rings is 2. The Kier molecular flexibility index (Phi) is 5.52. The molecule has 0 aliphatic heterocycles. The van der Waals surface area contributed by atoms with Crippen molar-refractivity contribution in [3.63, 3.8) is 0 Å². The summed E-state index contributed by atoms with van der Waals surface area (Å²) in [6, 6.07) is 12.3. The van der Waals surface area contributed by atoms with Gasteiger partial charge in [0, 0.05) is 17.4 Å². The number of carbonyl (C=O) groups is 2. The third-order valence-corrected chi connectivity index (χ3v) is 6.21. The van der Waals surface area contributed by atoms with E-state index < -0.39 is 5.97 Å². The molecular weight excluding hydrogens is 378 g/mol. The van der Waals surface area contributed by atoms with E-state index in [9.17, 15) is 9.59 Å². The third kappa shape index (κ3) is 4.65. The number of amides is 2. The molecule has 6 nitrogen and oxygen atoms in total. The Morgan fingerprint density at radius 2 is 1.67 bits per heavy atom. The lowest BCUT2D eigenvalue weighted by atomic mass is 9.71. The minimum absolute atomic E-state index is 0.0634. The van der Waals surface area contributed by atoms with Gasteiger partial charge >= 0.3 is 12.0 Å². The van der Waals surface area contributed by atoms with Gasteiger partial charge in [-0.25, -0.2) is 9.59 Å². The molecule has 2 aromatic rings. The lowest BCUT2D eigenvalue weighted by Gasteiger charge is -2.38. The maximum absolute atomic E-state index is 12.4. The minimum atomic E-state index is -0.993. The van der Waals surface area contributed by atoms with Crippen LogP contribution in [0.4, 0.5) is 16.2 Å². The van der Waals surface area contributed by atoms with Crippen molar-refractivity contribution < 1.29 is 14.7 Å². The van der Waals surface area contributed by atoms with E-state index in [4.69, 9.17) is 5.11 Å². The van der Waals surface area contributed by atoms with Crippen molar-refractivity contribution in [2.45, 2.75) is 51.0 Å². The van der Waals surface area contributed by atoms with E-state index in [1.165, 1.54) is 36.1 Å². The van der Waals surface area contributed by atoms with Gasteiger partial charge in [0.2, 0.25) is 0 Å². The summed E-state index contributed by atoms with van der Waals surface area (Å²) >= 11 is 0. The Morgan fingerprint density at radius 1 is 1.00 bits per heavy atom. The quantitative estimate of drug-likeness (QED) is 0.534. The van der Waals surface area contributed by atoms with E-state index in [2.05, 4.69) is 41.9 Å². The van der Waals surface area contributed by atoms with Crippen LogP contribution in [0.3, 0.4) is 0 Å². The lowest BCUT2D eigenvalue weighted by molar-refractivity contribution is 0.0697. The summed E-state index contributed by atoms with van der Waals surface area (Å²) in [7, 11) is 0. The van der Waals surface area contributed by atoms with Crippen molar-refractivity contribution in [3.05, 3.63) is 59.2 Å². The summed E-state index contributed by atoms with van der Waals surface area (Å²) in [5.41, 5.74) is 4.16. The van der Waals surface area contributed by atoms with Crippen molar-refractivity contribution >= 4 is 23.4 Å². The standard InChI is InChI=1S/C24H29N3O3/c1-24(2)12-11-21(25-14-15-3-4-15)19-10-9-18(13-20(19)24)27-23(30)26-17-7-5-16(6-8-17)22(28)29/h5-10,13,15,21,25H,3-4,11-12,14H2,1-2H3,(H,28,29)(H2,26,27,30). The number of carbonyl (C=O) groups excluding carboxylic acids is 1. The highest BCUT2D eigenvalue weighted by molar-refractivity contribution is 6.00. The number of aromatic carboxylic acids is 1. The van der Waals surface area contributed by atoms with Crippen LogP contribution in [0, 0.1) is 5.92 Å². The van der Waals surface area contributed by atoms with E-state index in [1.54, 1.807) is 12.1 Å². The van der Waals surface area contributed by atoms with Crippen LogP contribution in [-0.4, -0.2) is 23.7 Å². The van der Waals surface area contributed by atoms with Gasteiger partial charge in [-0.05, 0) is 91.1 Å². The number of hydrogen-bond acceptors (Lipinski definition) is 3. The summed E-state index contributed by atoms with van der Waals surface area (Å²) in [6.07, 6.45) is 4.92. The molecule has 1 unspecified atom stereocenters. The average Bonchev–Trinajstić information content (AvgIpc) is 3.52. The van der Waals surface area contributed by atoms with Crippen molar-refractivity contribution in [2.75, 3.05) is 17.2 Å². The molecule has 1 atom stereocenters. The third-order valence-electron chi connectivity index (χ3n) is 6.21. The van der Waals surface area contributed by atoms with Crippen LogP contribution in [0.2, 0.25) is 0 Å². The van der Waals surface area contributed by atoms with E-state index in [0.29, 0.717) is 11.7 Å². The SMILES string of the molecule is CC1(C)CCC(NCC2CC2)c2ccc(NC(=O)Nc3ccc(C(=O)O)cc3)cc21. The molecule has 2 amide bonds. The van der Waals surface area contributed by atoms with E-state index in [-0.39, 0.29) is 17.0 Å². The van der Waals surface area contributed by atoms with Crippen LogP contribution in [0.1, 0.15) is 67.1 Å². The molecular formula is C24H29N3O3. The molecule has 4 N–H and O–H groups in total. The van der Waals surface area contributed by atoms with E-state index in [0.717, 1.165) is 31.0 Å². The Bertz CT molecular complexity index is 949. The zero-order valence-electron chi connectivity index (χ0n) is 17.5. The fourth-order valence-electron chi connectivity index (χ4n) is 4.15.